The van der Waals surface area contributed by atoms with Gasteiger partial charge in [0.2, 0.25) is 0 Å². The van der Waals surface area contributed by atoms with Crippen LogP contribution in [-0.2, 0) is 23.8 Å². The second-order valence-corrected chi connectivity index (χ2v) is 8.78. The van der Waals surface area contributed by atoms with Gasteiger partial charge in [0.25, 0.3) is 0 Å². The zero-order valence-corrected chi connectivity index (χ0v) is 16.4. The van der Waals surface area contributed by atoms with Crippen molar-refractivity contribution in [2.45, 2.75) is 64.1 Å². The van der Waals surface area contributed by atoms with Crippen LogP contribution in [-0.4, -0.2) is 48.6 Å². The first-order valence-corrected chi connectivity index (χ1v) is 10.1. The topological polar surface area (TPSA) is 82.1 Å². The van der Waals surface area contributed by atoms with E-state index < -0.39 is 17.5 Å². The summed E-state index contributed by atoms with van der Waals surface area (Å²) in [5.41, 5.74) is -1.35. The highest BCUT2D eigenvalue weighted by Crippen LogP contribution is 2.54. The first kappa shape index (κ1) is 20.3. The van der Waals surface area contributed by atoms with Gasteiger partial charge in [-0.05, 0) is 69.6 Å². The van der Waals surface area contributed by atoms with Gasteiger partial charge in [-0.25, -0.2) is 4.79 Å². The molecule has 0 aromatic carbocycles. The van der Waals surface area contributed by atoms with E-state index in [-0.39, 0.29) is 31.3 Å². The van der Waals surface area contributed by atoms with E-state index in [1.807, 2.05) is 0 Å². The highest BCUT2D eigenvalue weighted by Gasteiger charge is 2.50. The molecule has 0 spiro atoms. The molecule has 4 bridgehead atoms. The maximum atomic E-state index is 12.6. The van der Waals surface area contributed by atoms with E-state index in [2.05, 4.69) is 6.58 Å². The third kappa shape index (κ3) is 4.91. The van der Waals surface area contributed by atoms with Crippen molar-refractivity contribution >= 4 is 11.9 Å². The smallest absolute Gasteiger partial charge is 0.333 e. The van der Waals surface area contributed by atoms with Gasteiger partial charge in [0.1, 0.15) is 18.3 Å². The monoisotopic (exact) mass is 380 g/mol. The van der Waals surface area contributed by atoms with Crippen LogP contribution in [0, 0.1) is 23.7 Å². The van der Waals surface area contributed by atoms with Gasteiger partial charge in [-0.3, -0.25) is 4.79 Å². The Morgan fingerprint density at radius 2 is 1.67 bits per heavy atom. The van der Waals surface area contributed by atoms with E-state index in [9.17, 15) is 14.7 Å². The molecule has 4 aliphatic carbocycles. The lowest BCUT2D eigenvalue weighted by Gasteiger charge is -2.53. The van der Waals surface area contributed by atoms with Gasteiger partial charge in [-0.15, -0.1) is 0 Å². The van der Waals surface area contributed by atoms with Crippen LogP contribution in [0.1, 0.15) is 52.4 Å². The second kappa shape index (κ2) is 8.31. The summed E-state index contributed by atoms with van der Waals surface area (Å²) in [6.07, 6.45) is 5.69. The minimum absolute atomic E-state index is 0.0281. The standard InChI is InChI=1S/C21H32O6/c1-4-25-11-21(24,12-26-20(23)13(2)3)10-18(22)27-19-16-6-14-5-15(8-16)9-17(19)7-14/h14-17,19,24H,2,4-12H2,1,3H3. The highest BCUT2D eigenvalue weighted by atomic mass is 16.6. The molecule has 1 N–H and O–H groups in total. The first-order chi connectivity index (χ1) is 12.8. The Hall–Kier alpha value is -1.40. The zero-order chi connectivity index (χ0) is 19.6. The van der Waals surface area contributed by atoms with E-state index in [1.54, 1.807) is 6.92 Å². The average molecular weight is 380 g/mol. The highest BCUT2D eigenvalue weighted by molar-refractivity contribution is 5.87. The lowest BCUT2D eigenvalue weighted by Crippen LogP contribution is -2.51. The van der Waals surface area contributed by atoms with Gasteiger partial charge in [-0.1, -0.05) is 6.58 Å². The van der Waals surface area contributed by atoms with Crippen molar-refractivity contribution < 1.29 is 28.9 Å². The maximum Gasteiger partial charge on any atom is 0.333 e. The van der Waals surface area contributed by atoms with Gasteiger partial charge in [-0.2, -0.15) is 0 Å². The molecule has 0 radical (unpaired) electrons. The van der Waals surface area contributed by atoms with Gasteiger partial charge < -0.3 is 19.3 Å². The number of esters is 2. The number of aliphatic hydroxyl groups is 1. The SMILES string of the molecule is C=C(C)C(=O)OCC(O)(COCC)CC(=O)OC1C2CC3CC(C2)CC1C3. The summed E-state index contributed by atoms with van der Waals surface area (Å²) in [6.45, 7) is 6.82. The fourth-order valence-corrected chi connectivity index (χ4v) is 5.29. The van der Waals surface area contributed by atoms with Crippen molar-refractivity contribution in [2.24, 2.45) is 23.7 Å². The van der Waals surface area contributed by atoms with Crippen molar-refractivity contribution in [1.29, 1.82) is 0 Å². The van der Waals surface area contributed by atoms with E-state index in [4.69, 9.17) is 14.2 Å². The van der Waals surface area contributed by atoms with Gasteiger partial charge in [0, 0.05) is 12.2 Å². The summed E-state index contributed by atoms with van der Waals surface area (Å²) < 4.78 is 16.2. The quantitative estimate of drug-likeness (QED) is 0.489. The molecule has 1 atom stereocenters. The molecule has 0 aromatic heterocycles. The third-order valence-electron chi connectivity index (χ3n) is 6.28. The summed E-state index contributed by atoms with van der Waals surface area (Å²) in [4.78, 5) is 24.2. The molecule has 1 unspecified atom stereocenters. The van der Waals surface area contributed by atoms with Crippen LogP contribution in [0.15, 0.2) is 12.2 Å². The number of ether oxygens (including phenoxy) is 3. The lowest BCUT2D eigenvalue weighted by molar-refractivity contribution is -0.181. The summed E-state index contributed by atoms with van der Waals surface area (Å²) in [7, 11) is 0. The van der Waals surface area contributed by atoms with Crippen LogP contribution in [0.5, 0.6) is 0 Å². The molecule has 0 aliphatic heterocycles. The molecule has 27 heavy (non-hydrogen) atoms. The lowest BCUT2D eigenvalue weighted by atomic mass is 9.55. The molecule has 0 amide bonds. The number of hydrogen-bond acceptors (Lipinski definition) is 6. The van der Waals surface area contributed by atoms with E-state index in [0.29, 0.717) is 18.4 Å². The third-order valence-corrected chi connectivity index (χ3v) is 6.28. The molecule has 4 aliphatic rings. The minimum Gasteiger partial charge on any atom is -0.462 e. The number of hydrogen-bond donors (Lipinski definition) is 1. The predicted octanol–water partition coefficient (Wildman–Crippen LogP) is 2.63. The summed E-state index contributed by atoms with van der Waals surface area (Å²) in [5.74, 6) is 1.50. The molecule has 152 valence electrons. The summed E-state index contributed by atoms with van der Waals surface area (Å²) >= 11 is 0. The number of carbonyl (C=O) groups is 2. The van der Waals surface area contributed by atoms with Crippen molar-refractivity contribution in [3.05, 3.63) is 12.2 Å². The Balaban J connectivity index is 1.57. The van der Waals surface area contributed by atoms with Gasteiger partial charge >= 0.3 is 11.9 Å². The number of rotatable bonds is 9. The normalized spacial score (nSPS) is 33.4. The molecule has 4 saturated carbocycles. The molecule has 4 rings (SSSR count). The van der Waals surface area contributed by atoms with Crippen molar-refractivity contribution in [3.8, 4) is 0 Å². The fraction of sp³-hybridized carbons (Fsp3) is 0.810. The maximum absolute atomic E-state index is 12.6. The Morgan fingerprint density at radius 3 is 2.19 bits per heavy atom. The van der Waals surface area contributed by atoms with Crippen LogP contribution in [0.3, 0.4) is 0 Å². The Morgan fingerprint density at radius 1 is 1.07 bits per heavy atom. The average Bonchev–Trinajstić information content (AvgIpc) is 2.60. The van der Waals surface area contributed by atoms with Gasteiger partial charge in [0.15, 0.2) is 0 Å². The minimum atomic E-state index is -1.59. The molecule has 0 saturated heterocycles. The summed E-state index contributed by atoms with van der Waals surface area (Å²) in [6, 6.07) is 0. The van der Waals surface area contributed by atoms with Crippen LogP contribution < -0.4 is 0 Å². The van der Waals surface area contributed by atoms with E-state index in [1.165, 1.54) is 13.3 Å². The van der Waals surface area contributed by atoms with Crippen LogP contribution in [0.25, 0.3) is 0 Å². The second-order valence-electron chi connectivity index (χ2n) is 8.78. The van der Waals surface area contributed by atoms with Crippen molar-refractivity contribution in [2.75, 3.05) is 19.8 Å². The molecule has 4 fully saturated rings. The summed E-state index contributed by atoms with van der Waals surface area (Å²) in [5, 5.41) is 10.8. The Labute approximate surface area is 161 Å². The van der Waals surface area contributed by atoms with Crippen LogP contribution in [0.4, 0.5) is 0 Å². The van der Waals surface area contributed by atoms with Crippen molar-refractivity contribution in [1.82, 2.24) is 0 Å². The molecule has 6 heteroatoms. The van der Waals surface area contributed by atoms with Crippen molar-refractivity contribution in [3.63, 3.8) is 0 Å². The predicted molar refractivity (Wildman–Crippen MR) is 98.8 cm³/mol. The molecule has 6 nitrogen and oxygen atoms in total. The fourth-order valence-electron chi connectivity index (χ4n) is 5.29. The Bertz CT molecular complexity index is 557. The molecule has 0 heterocycles. The largest absolute Gasteiger partial charge is 0.462 e. The zero-order valence-electron chi connectivity index (χ0n) is 16.4. The molecule has 0 aromatic rings. The Kier molecular flexibility index (Phi) is 6.26. The van der Waals surface area contributed by atoms with E-state index in [0.717, 1.165) is 37.5 Å². The first-order valence-electron chi connectivity index (χ1n) is 10.1. The molecular weight excluding hydrogens is 348 g/mol. The van der Waals surface area contributed by atoms with Crippen LogP contribution >= 0.6 is 0 Å². The van der Waals surface area contributed by atoms with E-state index >= 15 is 0 Å². The van der Waals surface area contributed by atoms with Crippen LogP contribution in [0.2, 0.25) is 0 Å². The number of carbonyl (C=O) groups excluding carboxylic acids is 2. The van der Waals surface area contributed by atoms with Gasteiger partial charge in [0.05, 0.1) is 13.0 Å². The molecular formula is C21H32O6.